The highest BCUT2D eigenvalue weighted by Crippen LogP contribution is 2.30. The molecular weight excluding hydrogens is 540 g/mol. The van der Waals surface area contributed by atoms with E-state index in [0.717, 1.165) is 24.6 Å². The van der Waals surface area contributed by atoms with E-state index >= 15 is 0 Å². The van der Waals surface area contributed by atoms with Crippen molar-refractivity contribution >= 4 is 50.1 Å². The van der Waals surface area contributed by atoms with Crippen molar-refractivity contribution in [2.45, 2.75) is 49.6 Å². The number of aromatic nitrogens is 1. The zero-order valence-corrected chi connectivity index (χ0v) is 23.1. The minimum absolute atomic E-state index is 0.0791. The highest BCUT2D eigenvalue weighted by molar-refractivity contribution is 7.89. The first-order chi connectivity index (χ1) is 18.7. The van der Waals surface area contributed by atoms with Crippen molar-refractivity contribution in [3.63, 3.8) is 0 Å². The largest absolute Gasteiger partial charge is 0.341 e. The van der Waals surface area contributed by atoms with E-state index < -0.39 is 33.9 Å². The zero-order valence-electron chi connectivity index (χ0n) is 21.5. The van der Waals surface area contributed by atoms with Gasteiger partial charge in [0.25, 0.3) is 15.9 Å². The van der Waals surface area contributed by atoms with Gasteiger partial charge >= 0.3 is 0 Å². The van der Waals surface area contributed by atoms with E-state index in [2.05, 4.69) is 4.98 Å². The van der Waals surface area contributed by atoms with Crippen LogP contribution >= 0.6 is 11.6 Å². The molecule has 1 aromatic heterocycles. The topological polar surface area (TPSA) is 108 Å². The number of fused-ring (bicyclic) bond motifs is 1. The summed E-state index contributed by atoms with van der Waals surface area (Å²) in [6.07, 6.45) is 5.75. The van der Waals surface area contributed by atoms with E-state index in [0.29, 0.717) is 27.8 Å². The molecular formula is C28H29ClN4O5S. The van der Waals surface area contributed by atoms with Crippen LogP contribution in [0.5, 0.6) is 0 Å². The van der Waals surface area contributed by atoms with Crippen molar-refractivity contribution < 1.29 is 22.8 Å². The normalized spacial score (nSPS) is 18.8. The van der Waals surface area contributed by atoms with Gasteiger partial charge in [0.1, 0.15) is 12.1 Å². The van der Waals surface area contributed by atoms with Crippen LogP contribution in [0.3, 0.4) is 0 Å². The van der Waals surface area contributed by atoms with Crippen molar-refractivity contribution in [1.29, 1.82) is 0 Å². The second-order valence-electron chi connectivity index (χ2n) is 9.89. The summed E-state index contributed by atoms with van der Waals surface area (Å²) in [6, 6.07) is 10.3. The number of hydrogen-bond donors (Lipinski definition) is 0. The number of pyridine rings is 1. The van der Waals surface area contributed by atoms with Crippen LogP contribution < -0.4 is 0 Å². The quantitative estimate of drug-likeness (QED) is 0.448. The highest BCUT2D eigenvalue weighted by Gasteiger charge is 2.47. The summed E-state index contributed by atoms with van der Waals surface area (Å²) in [5.41, 5.74) is 0.0878. The zero-order chi connectivity index (χ0) is 27.7. The summed E-state index contributed by atoms with van der Waals surface area (Å²) >= 11 is 6.08. The SMILES string of the molecule is C[C@@H](C(=O)N1CCCCC1)N1CC[C@@H](N(C(=O)c2ccncc2)S(=O)(=O)c2ccc3cc(Cl)ccc3c2)C1=O. The number of benzene rings is 2. The molecule has 204 valence electrons. The average Bonchev–Trinajstić information content (AvgIpc) is 3.33. The van der Waals surface area contributed by atoms with Gasteiger partial charge in [-0.1, -0.05) is 23.7 Å². The minimum Gasteiger partial charge on any atom is -0.341 e. The number of likely N-dealkylation sites (tertiary alicyclic amines) is 2. The van der Waals surface area contributed by atoms with E-state index in [1.54, 1.807) is 36.1 Å². The van der Waals surface area contributed by atoms with Crippen LogP contribution in [0.4, 0.5) is 0 Å². The van der Waals surface area contributed by atoms with E-state index in [-0.39, 0.29) is 29.3 Å². The van der Waals surface area contributed by atoms with Crippen LogP contribution in [0.2, 0.25) is 5.02 Å². The number of carbonyl (C=O) groups excluding carboxylic acids is 3. The number of nitrogens with zero attached hydrogens (tertiary/aromatic N) is 4. The van der Waals surface area contributed by atoms with Gasteiger partial charge in [0.15, 0.2) is 0 Å². The van der Waals surface area contributed by atoms with Crippen molar-refractivity contribution in [3.8, 4) is 0 Å². The Morgan fingerprint density at radius 2 is 1.64 bits per heavy atom. The van der Waals surface area contributed by atoms with Gasteiger partial charge in [-0.05, 0) is 79.8 Å². The monoisotopic (exact) mass is 568 g/mol. The lowest BCUT2D eigenvalue weighted by Crippen LogP contribution is -2.53. The summed E-state index contributed by atoms with van der Waals surface area (Å²) in [5, 5.41) is 1.87. The van der Waals surface area contributed by atoms with Crippen LogP contribution in [0, 0.1) is 0 Å². The molecule has 0 spiro atoms. The molecule has 2 fully saturated rings. The minimum atomic E-state index is -4.47. The fraction of sp³-hybridized carbons (Fsp3) is 0.357. The molecule has 2 aromatic carbocycles. The molecule has 2 aliphatic rings. The molecule has 39 heavy (non-hydrogen) atoms. The van der Waals surface area contributed by atoms with Gasteiger partial charge in [0, 0.05) is 42.6 Å². The van der Waals surface area contributed by atoms with Gasteiger partial charge in [-0.25, -0.2) is 12.7 Å². The number of hydrogen-bond acceptors (Lipinski definition) is 6. The molecule has 3 amide bonds. The summed E-state index contributed by atoms with van der Waals surface area (Å²) in [6.45, 7) is 3.11. The maximum atomic E-state index is 14.1. The number of sulfonamides is 1. The molecule has 2 aliphatic heterocycles. The van der Waals surface area contributed by atoms with E-state index in [1.807, 2.05) is 0 Å². The van der Waals surface area contributed by atoms with Gasteiger partial charge in [-0.15, -0.1) is 0 Å². The highest BCUT2D eigenvalue weighted by atomic mass is 35.5. The molecule has 2 atom stereocenters. The molecule has 3 aromatic rings. The lowest BCUT2D eigenvalue weighted by Gasteiger charge is -2.33. The van der Waals surface area contributed by atoms with Crippen molar-refractivity contribution in [2.24, 2.45) is 0 Å². The maximum absolute atomic E-state index is 14.1. The van der Waals surface area contributed by atoms with Gasteiger partial charge < -0.3 is 9.80 Å². The Morgan fingerprint density at radius 1 is 0.974 bits per heavy atom. The molecule has 2 saturated heterocycles. The molecule has 0 radical (unpaired) electrons. The molecule has 0 bridgehead atoms. The van der Waals surface area contributed by atoms with Crippen LogP contribution in [-0.4, -0.2) is 76.9 Å². The Labute approximate surface area is 232 Å². The molecule has 11 heteroatoms. The number of carbonyl (C=O) groups is 3. The molecule has 0 aliphatic carbocycles. The predicted molar refractivity (Wildman–Crippen MR) is 147 cm³/mol. The van der Waals surface area contributed by atoms with Crippen LogP contribution in [0.15, 0.2) is 65.8 Å². The van der Waals surface area contributed by atoms with Crippen molar-refractivity contribution in [2.75, 3.05) is 19.6 Å². The lowest BCUT2D eigenvalue weighted by molar-refractivity contribution is -0.144. The number of amides is 3. The van der Waals surface area contributed by atoms with Gasteiger partial charge in [-0.3, -0.25) is 19.4 Å². The third-order valence-corrected chi connectivity index (χ3v) is 9.47. The van der Waals surface area contributed by atoms with E-state index in [1.165, 1.54) is 41.6 Å². The van der Waals surface area contributed by atoms with Crippen LogP contribution in [0.1, 0.15) is 43.0 Å². The van der Waals surface area contributed by atoms with Crippen LogP contribution in [0.25, 0.3) is 10.8 Å². The first-order valence-corrected chi connectivity index (χ1v) is 14.8. The fourth-order valence-corrected chi connectivity index (χ4v) is 7.09. The fourth-order valence-electron chi connectivity index (χ4n) is 5.31. The number of piperidine rings is 1. The second-order valence-corrected chi connectivity index (χ2v) is 12.1. The van der Waals surface area contributed by atoms with Gasteiger partial charge in [0.05, 0.1) is 4.90 Å². The molecule has 3 heterocycles. The summed E-state index contributed by atoms with van der Waals surface area (Å²) in [7, 11) is -4.47. The average molecular weight is 569 g/mol. The molecule has 5 rings (SSSR count). The number of halogens is 1. The van der Waals surface area contributed by atoms with E-state index in [4.69, 9.17) is 11.6 Å². The molecule has 9 nitrogen and oxygen atoms in total. The standard InChI is InChI=1S/C28H29ClN4O5S/c1-19(26(34)31-14-3-2-4-15-31)32-16-11-25(28(32)36)33(27(35)20-9-12-30-13-10-20)39(37,38)24-8-6-21-17-23(29)7-5-22(21)18-24/h5-10,12-13,17-19,25H,2-4,11,14-16H2,1H3/t19-,25+/m0/s1. The smallest absolute Gasteiger partial charge is 0.268 e. The molecule has 0 saturated carbocycles. The van der Waals surface area contributed by atoms with Gasteiger partial charge in [0.2, 0.25) is 11.8 Å². The summed E-state index contributed by atoms with van der Waals surface area (Å²) in [5.74, 6) is -1.55. The third-order valence-electron chi connectivity index (χ3n) is 7.45. The van der Waals surface area contributed by atoms with Crippen molar-refractivity contribution in [3.05, 3.63) is 71.5 Å². The first-order valence-electron chi connectivity index (χ1n) is 13.0. The Balaban J connectivity index is 1.50. The van der Waals surface area contributed by atoms with Gasteiger partial charge in [-0.2, -0.15) is 0 Å². The summed E-state index contributed by atoms with van der Waals surface area (Å²) in [4.78, 5) is 47.5. The third kappa shape index (κ3) is 5.23. The van der Waals surface area contributed by atoms with E-state index in [9.17, 15) is 22.8 Å². The molecule has 0 N–H and O–H groups in total. The molecule has 0 unspecified atom stereocenters. The Kier molecular flexibility index (Phi) is 7.59. The Bertz CT molecular complexity index is 1530. The van der Waals surface area contributed by atoms with Crippen molar-refractivity contribution in [1.82, 2.24) is 19.1 Å². The Morgan fingerprint density at radius 3 is 2.36 bits per heavy atom. The Hall–Kier alpha value is -3.50. The maximum Gasteiger partial charge on any atom is 0.268 e. The lowest BCUT2D eigenvalue weighted by atomic mass is 10.1. The second kappa shape index (κ2) is 10.9. The number of rotatable bonds is 6. The first kappa shape index (κ1) is 27.1. The predicted octanol–water partition coefficient (Wildman–Crippen LogP) is 3.72. The van der Waals surface area contributed by atoms with Crippen LogP contribution in [-0.2, 0) is 19.6 Å². The summed E-state index contributed by atoms with van der Waals surface area (Å²) < 4.78 is 28.8.